The molecule has 31 heavy (non-hydrogen) atoms. The molecule has 0 amide bonds. The van der Waals surface area contributed by atoms with Crippen molar-refractivity contribution < 1.29 is 0 Å². The summed E-state index contributed by atoms with van der Waals surface area (Å²) >= 11 is 0. The Morgan fingerprint density at radius 3 is 1.77 bits per heavy atom. The van der Waals surface area contributed by atoms with Crippen molar-refractivity contribution in [2.24, 2.45) is 0 Å². The Kier molecular flexibility index (Phi) is 4.75. The number of hydrogen-bond donors (Lipinski definition) is 1. The largest absolute Gasteiger partial charge is 0.354 e. The van der Waals surface area contributed by atoms with E-state index in [0.29, 0.717) is 0 Å². The average molecular weight is 402 g/mol. The third-order valence-corrected chi connectivity index (χ3v) is 6.01. The van der Waals surface area contributed by atoms with Crippen molar-refractivity contribution in [3.8, 4) is 33.5 Å². The zero-order valence-electron chi connectivity index (χ0n) is 18.3. The van der Waals surface area contributed by atoms with Gasteiger partial charge in [0, 0.05) is 16.5 Å². The maximum Gasteiger partial charge on any atom is 0.0544 e. The number of nitrogens with one attached hydrogen (secondary N) is 1. The Morgan fingerprint density at radius 2 is 1.16 bits per heavy atom. The highest BCUT2D eigenvalue weighted by atomic mass is 14.7. The molecule has 5 rings (SSSR count). The van der Waals surface area contributed by atoms with Crippen LogP contribution in [0.5, 0.6) is 0 Å². The van der Waals surface area contributed by atoms with Crippen LogP contribution in [-0.2, 0) is 5.41 Å². The maximum absolute atomic E-state index is 3.75. The predicted octanol–water partition coefficient (Wildman–Crippen LogP) is 8.47. The highest BCUT2D eigenvalue weighted by molar-refractivity contribution is 6.10. The van der Waals surface area contributed by atoms with E-state index >= 15 is 0 Å². The van der Waals surface area contributed by atoms with Crippen molar-refractivity contribution in [3.63, 3.8) is 0 Å². The van der Waals surface area contributed by atoms with Crippen molar-refractivity contribution in [2.45, 2.75) is 26.2 Å². The van der Waals surface area contributed by atoms with Gasteiger partial charge in [-0.15, -0.1) is 0 Å². The number of H-pyrrole nitrogens is 1. The molecule has 5 aromatic rings. The summed E-state index contributed by atoms with van der Waals surface area (Å²) in [7, 11) is 0. The van der Waals surface area contributed by atoms with Gasteiger partial charge in [-0.25, -0.2) is 0 Å². The summed E-state index contributed by atoms with van der Waals surface area (Å²) in [5.41, 5.74) is 10.0. The molecule has 1 heteroatoms. The van der Waals surface area contributed by atoms with E-state index in [2.05, 4.69) is 129 Å². The van der Waals surface area contributed by atoms with Gasteiger partial charge in [-0.2, -0.15) is 0 Å². The summed E-state index contributed by atoms with van der Waals surface area (Å²) in [6, 6.07) is 36.9. The van der Waals surface area contributed by atoms with Gasteiger partial charge >= 0.3 is 0 Å². The minimum atomic E-state index is 0.141. The van der Waals surface area contributed by atoms with Crippen LogP contribution in [0.2, 0.25) is 0 Å². The highest BCUT2D eigenvalue weighted by Gasteiger charge is 2.19. The van der Waals surface area contributed by atoms with Gasteiger partial charge in [0.05, 0.1) is 5.69 Å². The van der Waals surface area contributed by atoms with Crippen LogP contribution in [0.4, 0.5) is 0 Å². The molecule has 0 aliphatic carbocycles. The fraction of sp³-hybridized carbons (Fsp3) is 0.133. The number of aromatic nitrogens is 1. The Balaban J connectivity index is 1.80. The van der Waals surface area contributed by atoms with Crippen LogP contribution >= 0.6 is 0 Å². The van der Waals surface area contributed by atoms with Gasteiger partial charge in [0.1, 0.15) is 0 Å². The first-order valence-corrected chi connectivity index (χ1v) is 10.9. The van der Waals surface area contributed by atoms with E-state index in [-0.39, 0.29) is 5.41 Å². The molecule has 0 fully saturated rings. The second-order valence-corrected chi connectivity index (χ2v) is 9.16. The molecular weight excluding hydrogens is 374 g/mol. The smallest absolute Gasteiger partial charge is 0.0544 e. The van der Waals surface area contributed by atoms with Gasteiger partial charge in [-0.05, 0) is 39.3 Å². The summed E-state index contributed by atoms with van der Waals surface area (Å²) in [5.74, 6) is 0. The van der Waals surface area contributed by atoms with Crippen LogP contribution < -0.4 is 0 Å². The van der Waals surface area contributed by atoms with Crippen molar-refractivity contribution in [2.75, 3.05) is 0 Å². The molecule has 0 aliphatic heterocycles. The lowest BCUT2D eigenvalue weighted by atomic mass is 9.86. The summed E-state index contributed by atoms with van der Waals surface area (Å²) in [6.45, 7) is 6.77. The quantitative estimate of drug-likeness (QED) is 0.312. The van der Waals surface area contributed by atoms with E-state index in [0.717, 1.165) is 5.52 Å². The van der Waals surface area contributed by atoms with Gasteiger partial charge in [0.15, 0.2) is 0 Å². The SMILES string of the molecule is CC(C)(C)c1ccc(-c2[nH]c3cccc(-c4ccccc4)c3c2-c2ccccc2)cc1. The van der Waals surface area contributed by atoms with Gasteiger partial charge in [-0.1, -0.05) is 118 Å². The number of aromatic amines is 1. The molecular formula is C30H27N. The van der Waals surface area contributed by atoms with Gasteiger partial charge in [-0.3, -0.25) is 0 Å². The topological polar surface area (TPSA) is 15.8 Å². The van der Waals surface area contributed by atoms with E-state index < -0.39 is 0 Å². The Labute approximate surface area is 184 Å². The lowest BCUT2D eigenvalue weighted by Crippen LogP contribution is -2.10. The maximum atomic E-state index is 3.75. The average Bonchev–Trinajstić information content (AvgIpc) is 3.19. The molecule has 0 saturated heterocycles. The molecule has 0 aliphatic rings. The number of rotatable bonds is 3. The molecule has 1 N–H and O–H groups in total. The van der Waals surface area contributed by atoms with Crippen LogP contribution in [0.15, 0.2) is 103 Å². The van der Waals surface area contributed by atoms with E-state index in [9.17, 15) is 0 Å². The van der Waals surface area contributed by atoms with Crippen molar-refractivity contribution >= 4 is 10.9 Å². The third-order valence-electron chi connectivity index (χ3n) is 6.01. The van der Waals surface area contributed by atoms with E-state index in [1.165, 1.54) is 44.5 Å². The molecule has 1 aromatic heterocycles. The second kappa shape index (κ2) is 7.59. The molecule has 0 radical (unpaired) electrons. The zero-order chi connectivity index (χ0) is 21.4. The standard InChI is InChI=1S/C30H27N/c1-30(2,3)24-19-17-23(18-20-24)29-27(22-13-8-5-9-14-22)28-25(15-10-16-26(28)31-29)21-11-6-4-7-12-21/h4-20,31H,1-3H3. The van der Waals surface area contributed by atoms with E-state index in [1.807, 2.05) is 0 Å². The van der Waals surface area contributed by atoms with Crippen LogP contribution in [0.25, 0.3) is 44.4 Å². The van der Waals surface area contributed by atoms with Gasteiger partial charge in [0.25, 0.3) is 0 Å². The number of benzene rings is 4. The second-order valence-electron chi connectivity index (χ2n) is 9.16. The Hall–Kier alpha value is -3.58. The highest BCUT2D eigenvalue weighted by Crippen LogP contribution is 2.43. The van der Waals surface area contributed by atoms with Crippen molar-refractivity contribution in [1.29, 1.82) is 0 Å². The van der Waals surface area contributed by atoms with Gasteiger partial charge in [0.2, 0.25) is 0 Å². The fourth-order valence-corrected chi connectivity index (χ4v) is 4.35. The molecule has 1 nitrogen and oxygen atoms in total. The minimum absolute atomic E-state index is 0.141. The fourth-order valence-electron chi connectivity index (χ4n) is 4.35. The molecule has 1 heterocycles. The van der Waals surface area contributed by atoms with Gasteiger partial charge < -0.3 is 4.98 Å². The van der Waals surface area contributed by atoms with E-state index in [4.69, 9.17) is 0 Å². The molecule has 0 spiro atoms. The molecule has 4 aromatic carbocycles. The lowest BCUT2D eigenvalue weighted by molar-refractivity contribution is 0.590. The summed E-state index contributed by atoms with van der Waals surface area (Å²) in [5, 5.41) is 1.27. The lowest BCUT2D eigenvalue weighted by Gasteiger charge is -2.19. The summed E-state index contributed by atoms with van der Waals surface area (Å²) < 4.78 is 0. The number of hydrogen-bond acceptors (Lipinski definition) is 0. The van der Waals surface area contributed by atoms with Crippen LogP contribution in [0.1, 0.15) is 26.3 Å². The summed E-state index contributed by atoms with van der Waals surface area (Å²) in [6.07, 6.45) is 0. The Bertz CT molecular complexity index is 1320. The van der Waals surface area contributed by atoms with Crippen LogP contribution in [0.3, 0.4) is 0 Å². The first kappa shape index (κ1) is 19.4. The van der Waals surface area contributed by atoms with Crippen molar-refractivity contribution in [3.05, 3.63) is 109 Å². The summed E-state index contributed by atoms with van der Waals surface area (Å²) in [4.78, 5) is 3.75. The molecule has 0 unspecified atom stereocenters. The Morgan fingerprint density at radius 1 is 0.548 bits per heavy atom. The van der Waals surface area contributed by atoms with E-state index in [1.54, 1.807) is 0 Å². The van der Waals surface area contributed by atoms with Crippen molar-refractivity contribution in [1.82, 2.24) is 4.98 Å². The first-order chi connectivity index (χ1) is 15.0. The normalized spacial score (nSPS) is 11.7. The molecule has 0 atom stereocenters. The molecule has 0 bridgehead atoms. The molecule has 0 saturated carbocycles. The molecule has 152 valence electrons. The zero-order valence-corrected chi connectivity index (χ0v) is 18.3. The monoisotopic (exact) mass is 401 g/mol. The van der Waals surface area contributed by atoms with Crippen LogP contribution in [0, 0.1) is 0 Å². The first-order valence-electron chi connectivity index (χ1n) is 10.9. The van der Waals surface area contributed by atoms with Crippen LogP contribution in [-0.4, -0.2) is 4.98 Å². The third kappa shape index (κ3) is 3.57. The predicted molar refractivity (Wildman–Crippen MR) is 133 cm³/mol. The number of fused-ring (bicyclic) bond motifs is 1. The minimum Gasteiger partial charge on any atom is -0.354 e.